The first-order chi connectivity index (χ1) is 10.3. The largest absolute Gasteiger partial charge is 0.312 e. The van der Waals surface area contributed by atoms with Crippen molar-refractivity contribution in [1.29, 1.82) is 0 Å². The lowest BCUT2D eigenvalue weighted by molar-refractivity contribution is -0.118. The minimum Gasteiger partial charge on any atom is -0.312 e. The number of hydrogen-bond donors (Lipinski definition) is 0. The molecule has 1 aliphatic heterocycles. The van der Waals surface area contributed by atoms with Crippen LogP contribution in [0.15, 0.2) is 24.3 Å². The molecule has 0 fully saturated rings. The number of fused-ring (bicyclic) bond motifs is 1. The van der Waals surface area contributed by atoms with Crippen LogP contribution in [0.4, 0.5) is 5.69 Å². The first-order valence-corrected chi connectivity index (χ1v) is 8.64. The second kappa shape index (κ2) is 8.21. The fourth-order valence-corrected chi connectivity index (χ4v) is 3.53. The average Bonchev–Trinajstić information content (AvgIpc) is 2.50. The Bertz CT molecular complexity index is 449. The predicted octanol–water partition coefficient (Wildman–Crippen LogP) is 4.96. The molecule has 2 nitrogen and oxygen atoms in total. The standard InChI is InChI=1S/C19H29NO/c1-3-8-16(9-4-2)10-7-15-20-18-12-6-5-11-17(18)13-14-19(20)21/h5-6,11-12,16H,3-4,7-10,13-15H2,1-2H3. The SMILES string of the molecule is CCCC(CCC)CCCN1C(=O)CCc2ccccc21. The van der Waals surface area contributed by atoms with Crippen molar-refractivity contribution in [2.24, 2.45) is 5.92 Å². The molecule has 0 aliphatic carbocycles. The van der Waals surface area contributed by atoms with E-state index in [1.165, 1.54) is 37.7 Å². The third kappa shape index (κ3) is 4.33. The molecule has 0 saturated heterocycles. The molecule has 1 aliphatic rings. The van der Waals surface area contributed by atoms with Crippen LogP contribution >= 0.6 is 0 Å². The molecule has 0 saturated carbocycles. The molecule has 1 aromatic carbocycles. The van der Waals surface area contributed by atoms with Crippen LogP contribution in [0, 0.1) is 5.92 Å². The fourth-order valence-electron chi connectivity index (χ4n) is 3.53. The number of carbonyl (C=O) groups excluding carboxylic acids is 1. The number of amides is 1. The average molecular weight is 287 g/mol. The maximum Gasteiger partial charge on any atom is 0.227 e. The number of rotatable bonds is 8. The van der Waals surface area contributed by atoms with Crippen molar-refractivity contribution >= 4 is 11.6 Å². The lowest BCUT2D eigenvalue weighted by Gasteiger charge is -2.30. The van der Waals surface area contributed by atoms with Gasteiger partial charge in [0.05, 0.1) is 0 Å². The highest BCUT2D eigenvalue weighted by atomic mass is 16.2. The van der Waals surface area contributed by atoms with E-state index in [0.29, 0.717) is 12.3 Å². The highest BCUT2D eigenvalue weighted by Gasteiger charge is 2.23. The molecule has 2 heteroatoms. The molecule has 116 valence electrons. The van der Waals surface area contributed by atoms with E-state index in [0.717, 1.165) is 31.0 Å². The van der Waals surface area contributed by atoms with Crippen LogP contribution in [0.25, 0.3) is 0 Å². The number of nitrogens with zero attached hydrogens (tertiary/aromatic N) is 1. The van der Waals surface area contributed by atoms with Crippen LogP contribution in [0.3, 0.4) is 0 Å². The summed E-state index contributed by atoms with van der Waals surface area (Å²) in [5.41, 5.74) is 2.48. The number of aryl methyl sites for hydroxylation is 1. The Kier molecular flexibility index (Phi) is 6.28. The van der Waals surface area contributed by atoms with Crippen molar-refractivity contribution < 1.29 is 4.79 Å². The number of para-hydroxylation sites is 1. The Morgan fingerprint density at radius 3 is 2.48 bits per heavy atom. The summed E-state index contributed by atoms with van der Waals surface area (Å²) in [5.74, 6) is 1.14. The molecule has 1 amide bonds. The van der Waals surface area contributed by atoms with Gasteiger partial charge in [0.25, 0.3) is 0 Å². The van der Waals surface area contributed by atoms with E-state index in [2.05, 4.69) is 32.0 Å². The lowest BCUT2D eigenvalue weighted by atomic mass is 9.93. The van der Waals surface area contributed by atoms with Crippen LogP contribution in [0.1, 0.15) is 64.4 Å². The summed E-state index contributed by atoms with van der Waals surface area (Å²) in [6.07, 6.45) is 9.17. The Morgan fingerprint density at radius 2 is 1.76 bits per heavy atom. The first-order valence-electron chi connectivity index (χ1n) is 8.64. The van der Waals surface area contributed by atoms with Gasteiger partial charge in [0.15, 0.2) is 0 Å². The van der Waals surface area contributed by atoms with E-state index in [9.17, 15) is 4.79 Å². The van der Waals surface area contributed by atoms with Crippen LogP contribution in [-0.4, -0.2) is 12.5 Å². The van der Waals surface area contributed by atoms with Crippen LogP contribution in [0.5, 0.6) is 0 Å². The lowest BCUT2D eigenvalue weighted by Crippen LogP contribution is -2.36. The van der Waals surface area contributed by atoms with Gasteiger partial charge in [-0.1, -0.05) is 57.7 Å². The zero-order valence-corrected chi connectivity index (χ0v) is 13.6. The van der Waals surface area contributed by atoms with Gasteiger partial charge in [0, 0.05) is 18.7 Å². The molecule has 0 aromatic heterocycles. The molecule has 2 rings (SSSR count). The minimum atomic E-state index is 0.302. The Balaban J connectivity index is 1.91. The van der Waals surface area contributed by atoms with Crippen molar-refractivity contribution in [2.75, 3.05) is 11.4 Å². The Labute approximate surface area is 129 Å². The third-order valence-electron chi connectivity index (χ3n) is 4.58. The minimum absolute atomic E-state index is 0.302. The summed E-state index contributed by atoms with van der Waals surface area (Å²) >= 11 is 0. The number of hydrogen-bond acceptors (Lipinski definition) is 1. The van der Waals surface area contributed by atoms with Gasteiger partial charge in [0.1, 0.15) is 0 Å². The maximum absolute atomic E-state index is 12.2. The summed E-state index contributed by atoms with van der Waals surface area (Å²) < 4.78 is 0. The summed E-state index contributed by atoms with van der Waals surface area (Å²) in [5, 5.41) is 0. The van der Waals surface area contributed by atoms with Crippen LogP contribution in [-0.2, 0) is 11.2 Å². The molecule has 0 spiro atoms. The van der Waals surface area contributed by atoms with Gasteiger partial charge in [-0.25, -0.2) is 0 Å². The van der Waals surface area contributed by atoms with Gasteiger partial charge >= 0.3 is 0 Å². The normalized spacial score (nSPS) is 14.6. The molecular weight excluding hydrogens is 258 g/mol. The van der Waals surface area contributed by atoms with E-state index < -0.39 is 0 Å². The molecule has 0 atom stereocenters. The van der Waals surface area contributed by atoms with Crippen LogP contribution in [0.2, 0.25) is 0 Å². The second-order valence-electron chi connectivity index (χ2n) is 6.26. The van der Waals surface area contributed by atoms with E-state index in [-0.39, 0.29) is 0 Å². The molecular formula is C19H29NO. The van der Waals surface area contributed by atoms with Gasteiger partial charge in [0.2, 0.25) is 5.91 Å². The first kappa shape index (κ1) is 16.1. The van der Waals surface area contributed by atoms with Crippen molar-refractivity contribution in [3.05, 3.63) is 29.8 Å². The molecule has 0 unspecified atom stereocenters. The number of anilines is 1. The Hall–Kier alpha value is -1.31. The highest BCUT2D eigenvalue weighted by Crippen LogP contribution is 2.28. The monoisotopic (exact) mass is 287 g/mol. The summed E-state index contributed by atoms with van der Waals surface area (Å²) in [6.45, 7) is 5.43. The van der Waals surface area contributed by atoms with E-state index >= 15 is 0 Å². The second-order valence-corrected chi connectivity index (χ2v) is 6.26. The zero-order valence-electron chi connectivity index (χ0n) is 13.6. The van der Waals surface area contributed by atoms with E-state index in [1.807, 2.05) is 11.0 Å². The van der Waals surface area contributed by atoms with Crippen LogP contribution < -0.4 is 4.90 Å². The topological polar surface area (TPSA) is 20.3 Å². The van der Waals surface area contributed by atoms with Crippen molar-refractivity contribution in [3.8, 4) is 0 Å². The quantitative estimate of drug-likeness (QED) is 0.661. The van der Waals surface area contributed by atoms with E-state index in [4.69, 9.17) is 0 Å². The molecule has 0 radical (unpaired) electrons. The highest BCUT2D eigenvalue weighted by molar-refractivity contribution is 5.96. The fraction of sp³-hybridized carbons (Fsp3) is 0.632. The third-order valence-corrected chi connectivity index (χ3v) is 4.58. The Morgan fingerprint density at radius 1 is 1.05 bits per heavy atom. The predicted molar refractivity (Wildman–Crippen MR) is 89.7 cm³/mol. The van der Waals surface area contributed by atoms with Gasteiger partial charge in [-0.3, -0.25) is 4.79 Å². The van der Waals surface area contributed by atoms with Gasteiger partial charge in [-0.2, -0.15) is 0 Å². The summed E-state index contributed by atoms with van der Waals surface area (Å²) in [6, 6.07) is 8.38. The van der Waals surface area contributed by atoms with Crippen molar-refractivity contribution in [1.82, 2.24) is 0 Å². The number of benzene rings is 1. The van der Waals surface area contributed by atoms with Gasteiger partial charge in [-0.05, 0) is 36.8 Å². The number of carbonyl (C=O) groups is 1. The summed E-state index contributed by atoms with van der Waals surface area (Å²) in [4.78, 5) is 14.2. The van der Waals surface area contributed by atoms with E-state index in [1.54, 1.807) is 0 Å². The smallest absolute Gasteiger partial charge is 0.227 e. The van der Waals surface area contributed by atoms with Gasteiger partial charge in [-0.15, -0.1) is 0 Å². The summed E-state index contributed by atoms with van der Waals surface area (Å²) in [7, 11) is 0. The van der Waals surface area contributed by atoms with Crippen molar-refractivity contribution in [2.45, 2.75) is 65.2 Å². The van der Waals surface area contributed by atoms with Crippen molar-refractivity contribution in [3.63, 3.8) is 0 Å². The molecule has 1 heterocycles. The molecule has 1 aromatic rings. The maximum atomic E-state index is 12.2. The zero-order chi connectivity index (χ0) is 15.1. The van der Waals surface area contributed by atoms with Gasteiger partial charge < -0.3 is 4.90 Å². The molecule has 0 N–H and O–H groups in total. The molecule has 21 heavy (non-hydrogen) atoms. The molecule has 0 bridgehead atoms.